The monoisotopic (exact) mass is 283 g/mol. The quantitative estimate of drug-likeness (QED) is 0.896. The first-order chi connectivity index (χ1) is 10.0. The van der Waals surface area contributed by atoms with Gasteiger partial charge in [0.05, 0.1) is 5.56 Å². The summed E-state index contributed by atoms with van der Waals surface area (Å²) in [6.45, 7) is 6.17. The Bertz CT molecular complexity index is 733. The molecule has 0 saturated heterocycles. The predicted octanol–water partition coefficient (Wildman–Crippen LogP) is 4.57. The Morgan fingerprint density at radius 2 is 2.00 bits per heavy atom. The molecule has 1 fully saturated rings. The third-order valence-electron chi connectivity index (χ3n) is 4.65. The molecule has 21 heavy (non-hydrogen) atoms. The normalized spacial score (nSPS) is 15.7. The molecule has 0 spiro atoms. The van der Waals surface area contributed by atoms with E-state index in [-0.39, 0.29) is 0 Å². The lowest BCUT2D eigenvalue weighted by Gasteiger charge is -2.13. The van der Waals surface area contributed by atoms with Crippen molar-refractivity contribution in [3.8, 4) is 0 Å². The number of carboxylic acid groups (broad SMARTS) is 1. The van der Waals surface area contributed by atoms with Gasteiger partial charge in [0.1, 0.15) is 0 Å². The SMILES string of the molecule is C=C(C)c1c(C2CCCC2)c2ccc(C(=O)O)cc2n1C. The van der Waals surface area contributed by atoms with Crippen molar-refractivity contribution >= 4 is 22.4 Å². The lowest BCUT2D eigenvalue weighted by molar-refractivity contribution is 0.0697. The molecule has 1 aliphatic carbocycles. The van der Waals surface area contributed by atoms with E-state index < -0.39 is 5.97 Å². The molecule has 1 saturated carbocycles. The lowest BCUT2D eigenvalue weighted by Crippen LogP contribution is -2.00. The molecule has 110 valence electrons. The first kappa shape index (κ1) is 13.9. The second-order valence-corrected chi connectivity index (χ2v) is 6.12. The number of aromatic nitrogens is 1. The van der Waals surface area contributed by atoms with Gasteiger partial charge in [0, 0.05) is 23.6 Å². The van der Waals surface area contributed by atoms with Crippen molar-refractivity contribution in [2.45, 2.75) is 38.5 Å². The molecule has 3 rings (SSSR count). The Hall–Kier alpha value is -2.03. The number of carboxylic acids is 1. The van der Waals surface area contributed by atoms with E-state index in [1.165, 1.54) is 42.3 Å². The molecule has 0 radical (unpaired) electrons. The van der Waals surface area contributed by atoms with Gasteiger partial charge in [-0.15, -0.1) is 0 Å². The summed E-state index contributed by atoms with van der Waals surface area (Å²) < 4.78 is 2.11. The number of carbonyl (C=O) groups is 1. The fraction of sp³-hybridized carbons (Fsp3) is 0.389. The molecule has 1 aromatic carbocycles. The summed E-state index contributed by atoms with van der Waals surface area (Å²) in [6.07, 6.45) is 5.01. The van der Waals surface area contributed by atoms with Crippen LogP contribution in [0.2, 0.25) is 0 Å². The fourth-order valence-electron chi connectivity index (χ4n) is 3.74. The van der Waals surface area contributed by atoms with Crippen molar-refractivity contribution in [1.29, 1.82) is 0 Å². The van der Waals surface area contributed by atoms with Crippen LogP contribution in [0.4, 0.5) is 0 Å². The topological polar surface area (TPSA) is 42.2 Å². The van der Waals surface area contributed by atoms with E-state index in [1.807, 2.05) is 20.0 Å². The number of allylic oxidation sites excluding steroid dienone is 1. The number of fused-ring (bicyclic) bond motifs is 1. The summed E-state index contributed by atoms with van der Waals surface area (Å²) in [5, 5.41) is 10.4. The Morgan fingerprint density at radius 1 is 1.33 bits per heavy atom. The molecule has 0 unspecified atom stereocenters. The van der Waals surface area contributed by atoms with Crippen LogP contribution in [0.15, 0.2) is 24.8 Å². The van der Waals surface area contributed by atoms with Crippen LogP contribution < -0.4 is 0 Å². The summed E-state index contributed by atoms with van der Waals surface area (Å²) in [5.74, 6) is -0.298. The van der Waals surface area contributed by atoms with Crippen molar-refractivity contribution in [3.63, 3.8) is 0 Å². The number of nitrogens with zero attached hydrogens (tertiary/aromatic N) is 1. The molecule has 1 heterocycles. The van der Waals surface area contributed by atoms with Crippen LogP contribution in [0.5, 0.6) is 0 Å². The van der Waals surface area contributed by atoms with Crippen molar-refractivity contribution in [3.05, 3.63) is 41.6 Å². The maximum Gasteiger partial charge on any atom is 0.335 e. The van der Waals surface area contributed by atoms with Gasteiger partial charge >= 0.3 is 5.97 Å². The third kappa shape index (κ3) is 2.17. The van der Waals surface area contributed by atoms with Crippen LogP contribution in [0.3, 0.4) is 0 Å². The molecule has 3 heteroatoms. The summed E-state index contributed by atoms with van der Waals surface area (Å²) in [4.78, 5) is 11.2. The summed E-state index contributed by atoms with van der Waals surface area (Å²) in [6, 6.07) is 5.47. The molecular weight excluding hydrogens is 262 g/mol. The molecule has 1 N–H and O–H groups in total. The fourth-order valence-corrected chi connectivity index (χ4v) is 3.74. The largest absolute Gasteiger partial charge is 0.478 e. The molecular formula is C18H21NO2. The van der Waals surface area contributed by atoms with Gasteiger partial charge < -0.3 is 9.67 Å². The van der Waals surface area contributed by atoms with Crippen LogP contribution in [-0.2, 0) is 7.05 Å². The molecule has 3 nitrogen and oxygen atoms in total. The van der Waals surface area contributed by atoms with Gasteiger partial charge in [-0.25, -0.2) is 4.79 Å². The van der Waals surface area contributed by atoms with Gasteiger partial charge in [0.15, 0.2) is 0 Å². The number of aryl methyl sites for hydroxylation is 1. The Morgan fingerprint density at radius 3 is 2.57 bits per heavy atom. The van der Waals surface area contributed by atoms with E-state index in [4.69, 9.17) is 0 Å². The number of aromatic carboxylic acids is 1. The zero-order chi connectivity index (χ0) is 15.1. The summed E-state index contributed by atoms with van der Waals surface area (Å²) >= 11 is 0. The van der Waals surface area contributed by atoms with Crippen LogP contribution in [0, 0.1) is 0 Å². The second-order valence-electron chi connectivity index (χ2n) is 6.12. The van der Waals surface area contributed by atoms with Crippen molar-refractivity contribution in [1.82, 2.24) is 4.57 Å². The van der Waals surface area contributed by atoms with E-state index >= 15 is 0 Å². The van der Waals surface area contributed by atoms with Gasteiger partial charge in [-0.05, 0) is 49.0 Å². The molecule has 1 aliphatic rings. The van der Waals surface area contributed by atoms with Gasteiger partial charge in [-0.1, -0.05) is 25.5 Å². The first-order valence-electron chi connectivity index (χ1n) is 7.52. The molecule has 2 aromatic rings. The minimum absolute atomic E-state index is 0.342. The average molecular weight is 283 g/mol. The molecule has 1 aromatic heterocycles. The van der Waals surface area contributed by atoms with Crippen LogP contribution >= 0.6 is 0 Å². The summed E-state index contributed by atoms with van der Waals surface area (Å²) in [7, 11) is 2.01. The Labute approximate surface area is 124 Å². The van der Waals surface area contributed by atoms with Gasteiger partial charge in [0.25, 0.3) is 0 Å². The molecule has 0 aliphatic heterocycles. The maximum absolute atomic E-state index is 11.2. The minimum Gasteiger partial charge on any atom is -0.478 e. The van der Waals surface area contributed by atoms with Gasteiger partial charge in [-0.2, -0.15) is 0 Å². The first-order valence-corrected chi connectivity index (χ1v) is 7.52. The van der Waals surface area contributed by atoms with Crippen LogP contribution in [0.1, 0.15) is 60.1 Å². The van der Waals surface area contributed by atoms with Crippen molar-refractivity contribution in [2.24, 2.45) is 7.05 Å². The van der Waals surface area contributed by atoms with E-state index in [0.29, 0.717) is 11.5 Å². The van der Waals surface area contributed by atoms with Crippen molar-refractivity contribution < 1.29 is 9.90 Å². The number of hydrogen-bond acceptors (Lipinski definition) is 1. The van der Waals surface area contributed by atoms with Crippen molar-refractivity contribution in [2.75, 3.05) is 0 Å². The molecule has 0 bridgehead atoms. The van der Waals surface area contributed by atoms with Crippen LogP contribution in [0.25, 0.3) is 16.5 Å². The number of hydrogen-bond donors (Lipinski definition) is 1. The predicted molar refractivity (Wildman–Crippen MR) is 85.8 cm³/mol. The second kappa shape index (κ2) is 5.06. The van der Waals surface area contributed by atoms with E-state index in [9.17, 15) is 9.90 Å². The smallest absolute Gasteiger partial charge is 0.335 e. The summed E-state index contributed by atoms with van der Waals surface area (Å²) in [5.41, 5.74) is 4.94. The minimum atomic E-state index is -0.877. The highest BCUT2D eigenvalue weighted by molar-refractivity contribution is 5.97. The maximum atomic E-state index is 11.2. The number of rotatable bonds is 3. The number of benzene rings is 1. The van der Waals surface area contributed by atoms with Gasteiger partial charge in [0.2, 0.25) is 0 Å². The highest BCUT2D eigenvalue weighted by Crippen LogP contribution is 2.42. The van der Waals surface area contributed by atoms with E-state index in [2.05, 4.69) is 11.1 Å². The third-order valence-corrected chi connectivity index (χ3v) is 4.65. The highest BCUT2D eigenvalue weighted by atomic mass is 16.4. The highest BCUT2D eigenvalue weighted by Gasteiger charge is 2.26. The Balaban J connectivity index is 2.30. The lowest BCUT2D eigenvalue weighted by atomic mass is 9.92. The molecule has 0 atom stereocenters. The van der Waals surface area contributed by atoms with E-state index in [1.54, 1.807) is 12.1 Å². The average Bonchev–Trinajstić information content (AvgIpc) is 3.04. The van der Waals surface area contributed by atoms with Gasteiger partial charge in [-0.3, -0.25) is 0 Å². The van der Waals surface area contributed by atoms with Crippen LogP contribution in [-0.4, -0.2) is 15.6 Å². The van der Waals surface area contributed by atoms with E-state index in [0.717, 1.165) is 11.1 Å². The molecule has 0 amide bonds. The standard InChI is InChI=1S/C18H21NO2/c1-11(2)17-16(12-6-4-5-7-12)14-9-8-13(18(20)21)10-15(14)19(17)3/h8-10,12H,1,4-7H2,2-3H3,(H,20,21). The Kier molecular flexibility index (Phi) is 3.36. The zero-order valence-electron chi connectivity index (χ0n) is 12.6. The zero-order valence-corrected chi connectivity index (χ0v) is 12.6.